The summed E-state index contributed by atoms with van der Waals surface area (Å²) >= 11 is 1.95. The second kappa shape index (κ2) is 10.4. The molecule has 0 aliphatic rings. The molecule has 80 valence electrons. The third-order valence-corrected chi connectivity index (χ3v) is 2.84. The SMILES string of the molecule is CCCC(C)NCCSCCOC. The van der Waals surface area contributed by atoms with Crippen LogP contribution in [-0.4, -0.2) is 37.8 Å². The molecule has 0 radical (unpaired) electrons. The molecule has 0 aromatic rings. The lowest BCUT2D eigenvalue weighted by Gasteiger charge is -2.11. The molecule has 13 heavy (non-hydrogen) atoms. The molecule has 3 heteroatoms. The Morgan fingerprint density at radius 3 is 2.77 bits per heavy atom. The molecule has 0 rings (SSSR count). The maximum atomic E-state index is 4.97. The number of nitrogens with one attached hydrogen (secondary N) is 1. The molecule has 0 aliphatic carbocycles. The molecule has 0 aromatic carbocycles. The molecule has 1 N–H and O–H groups in total. The number of thioether (sulfide) groups is 1. The van der Waals surface area contributed by atoms with E-state index in [0.29, 0.717) is 6.04 Å². The number of hydrogen-bond acceptors (Lipinski definition) is 3. The molecule has 0 bridgehead atoms. The summed E-state index contributed by atoms with van der Waals surface area (Å²) in [6.45, 7) is 6.47. The van der Waals surface area contributed by atoms with Gasteiger partial charge in [0.25, 0.3) is 0 Å². The zero-order valence-corrected chi connectivity index (χ0v) is 9.95. The summed E-state index contributed by atoms with van der Waals surface area (Å²) in [5, 5.41) is 3.50. The van der Waals surface area contributed by atoms with E-state index in [-0.39, 0.29) is 0 Å². The average molecular weight is 205 g/mol. The van der Waals surface area contributed by atoms with Gasteiger partial charge in [-0.3, -0.25) is 0 Å². The Labute approximate surface area is 86.8 Å². The van der Waals surface area contributed by atoms with Crippen molar-refractivity contribution >= 4 is 11.8 Å². The molecule has 0 fully saturated rings. The number of rotatable bonds is 9. The molecule has 0 heterocycles. The Morgan fingerprint density at radius 1 is 1.38 bits per heavy atom. The Balaban J connectivity index is 2.97. The van der Waals surface area contributed by atoms with Gasteiger partial charge < -0.3 is 10.1 Å². The first-order valence-electron chi connectivity index (χ1n) is 5.11. The predicted octanol–water partition coefficient (Wildman–Crippen LogP) is 2.14. The molecule has 0 aliphatic heterocycles. The van der Waals surface area contributed by atoms with Crippen LogP contribution in [0, 0.1) is 0 Å². The quantitative estimate of drug-likeness (QED) is 0.583. The molecular formula is C10H23NOS. The van der Waals surface area contributed by atoms with Crippen LogP contribution in [0.3, 0.4) is 0 Å². The van der Waals surface area contributed by atoms with Crippen LogP contribution in [0.15, 0.2) is 0 Å². The van der Waals surface area contributed by atoms with Gasteiger partial charge in [0.15, 0.2) is 0 Å². The summed E-state index contributed by atoms with van der Waals surface area (Å²) in [5.74, 6) is 2.30. The summed E-state index contributed by atoms with van der Waals surface area (Å²) in [7, 11) is 1.75. The van der Waals surface area contributed by atoms with Crippen LogP contribution in [0.5, 0.6) is 0 Å². The van der Waals surface area contributed by atoms with Gasteiger partial charge in [0.05, 0.1) is 6.61 Å². The summed E-state index contributed by atoms with van der Waals surface area (Å²) in [5.41, 5.74) is 0. The van der Waals surface area contributed by atoms with Gasteiger partial charge in [0.1, 0.15) is 0 Å². The monoisotopic (exact) mass is 205 g/mol. The van der Waals surface area contributed by atoms with Gasteiger partial charge in [-0.25, -0.2) is 0 Å². The predicted molar refractivity (Wildman–Crippen MR) is 61.6 cm³/mol. The summed E-state index contributed by atoms with van der Waals surface area (Å²) in [4.78, 5) is 0. The van der Waals surface area contributed by atoms with Gasteiger partial charge in [-0.1, -0.05) is 13.3 Å². The van der Waals surface area contributed by atoms with Crippen molar-refractivity contribution in [2.45, 2.75) is 32.7 Å². The van der Waals surface area contributed by atoms with Crippen molar-refractivity contribution in [3.05, 3.63) is 0 Å². The number of hydrogen-bond donors (Lipinski definition) is 1. The van der Waals surface area contributed by atoms with Gasteiger partial charge in [-0.2, -0.15) is 11.8 Å². The fourth-order valence-corrected chi connectivity index (χ4v) is 1.91. The maximum Gasteiger partial charge on any atom is 0.0552 e. The summed E-state index contributed by atoms with van der Waals surface area (Å²) in [6.07, 6.45) is 2.55. The van der Waals surface area contributed by atoms with Crippen molar-refractivity contribution in [3.63, 3.8) is 0 Å². The first-order chi connectivity index (χ1) is 6.31. The van der Waals surface area contributed by atoms with E-state index >= 15 is 0 Å². The lowest BCUT2D eigenvalue weighted by atomic mass is 10.2. The second-order valence-electron chi connectivity index (χ2n) is 3.25. The van der Waals surface area contributed by atoms with Crippen LogP contribution in [0.1, 0.15) is 26.7 Å². The average Bonchev–Trinajstić information content (AvgIpc) is 2.11. The molecule has 0 amide bonds. The molecule has 0 saturated carbocycles. The lowest BCUT2D eigenvalue weighted by molar-refractivity contribution is 0.218. The van der Waals surface area contributed by atoms with Crippen molar-refractivity contribution in [2.24, 2.45) is 0 Å². The first kappa shape index (κ1) is 13.3. The number of ether oxygens (including phenoxy) is 1. The highest BCUT2D eigenvalue weighted by atomic mass is 32.2. The summed E-state index contributed by atoms with van der Waals surface area (Å²) in [6, 6.07) is 0.674. The molecule has 0 spiro atoms. The minimum absolute atomic E-state index is 0.674. The van der Waals surface area contributed by atoms with Gasteiger partial charge in [0, 0.05) is 31.2 Å². The van der Waals surface area contributed by atoms with Crippen molar-refractivity contribution in [1.29, 1.82) is 0 Å². The fraction of sp³-hybridized carbons (Fsp3) is 1.00. The molecule has 2 nitrogen and oxygen atoms in total. The second-order valence-corrected chi connectivity index (χ2v) is 4.47. The Hall–Kier alpha value is 0.270. The van der Waals surface area contributed by atoms with Crippen LogP contribution in [0.2, 0.25) is 0 Å². The smallest absolute Gasteiger partial charge is 0.0552 e. The topological polar surface area (TPSA) is 21.3 Å². The van der Waals surface area contributed by atoms with Crippen LogP contribution in [0.4, 0.5) is 0 Å². The first-order valence-corrected chi connectivity index (χ1v) is 6.26. The third kappa shape index (κ3) is 10.2. The highest BCUT2D eigenvalue weighted by molar-refractivity contribution is 7.99. The van der Waals surface area contributed by atoms with Crippen LogP contribution >= 0.6 is 11.8 Å². The molecule has 1 atom stereocenters. The Bertz CT molecular complexity index is 101. The van der Waals surface area contributed by atoms with E-state index < -0.39 is 0 Å². The lowest BCUT2D eigenvalue weighted by Crippen LogP contribution is -2.27. The van der Waals surface area contributed by atoms with Crippen molar-refractivity contribution < 1.29 is 4.74 Å². The van der Waals surface area contributed by atoms with E-state index in [1.165, 1.54) is 18.6 Å². The van der Waals surface area contributed by atoms with Gasteiger partial charge in [-0.15, -0.1) is 0 Å². The molecule has 0 saturated heterocycles. The molecule has 0 aromatic heterocycles. The normalized spacial score (nSPS) is 13.2. The number of methoxy groups -OCH3 is 1. The van der Waals surface area contributed by atoms with Crippen LogP contribution in [-0.2, 0) is 4.74 Å². The summed E-state index contributed by atoms with van der Waals surface area (Å²) < 4.78 is 4.97. The van der Waals surface area contributed by atoms with Gasteiger partial charge in [-0.05, 0) is 13.3 Å². The zero-order valence-electron chi connectivity index (χ0n) is 9.14. The van der Waals surface area contributed by atoms with E-state index in [4.69, 9.17) is 4.74 Å². The molecular weight excluding hydrogens is 182 g/mol. The van der Waals surface area contributed by atoms with Crippen LogP contribution < -0.4 is 5.32 Å². The van der Waals surface area contributed by atoms with E-state index in [1.54, 1.807) is 7.11 Å². The van der Waals surface area contributed by atoms with E-state index in [2.05, 4.69) is 19.2 Å². The van der Waals surface area contributed by atoms with Crippen molar-refractivity contribution in [2.75, 3.05) is 31.8 Å². The third-order valence-electron chi connectivity index (χ3n) is 1.89. The molecule has 1 unspecified atom stereocenters. The Morgan fingerprint density at radius 2 is 2.15 bits per heavy atom. The van der Waals surface area contributed by atoms with Crippen molar-refractivity contribution in [1.82, 2.24) is 5.32 Å². The zero-order chi connectivity index (χ0) is 9.94. The Kier molecular flexibility index (Phi) is 10.6. The highest BCUT2D eigenvalue weighted by Gasteiger charge is 1.97. The minimum Gasteiger partial charge on any atom is -0.384 e. The van der Waals surface area contributed by atoms with E-state index in [1.807, 2.05) is 11.8 Å². The van der Waals surface area contributed by atoms with Crippen LogP contribution in [0.25, 0.3) is 0 Å². The standard InChI is InChI=1S/C10H23NOS/c1-4-5-10(2)11-6-8-13-9-7-12-3/h10-11H,4-9H2,1-3H3. The maximum absolute atomic E-state index is 4.97. The fourth-order valence-electron chi connectivity index (χ4n) is 1.16. The highest BCUT2D eigenvalue weighted by Crippen LogP contribution is 1.99. The van der Waals surface area contributed by atoms with E-state index in [0.717, 1.165) is 18.9 Å². The van der Waals surface area contributed by atoms with Gasteiger partial charge >= 0.3 is 0 Å². The van der Waals surface area contributed by atoms with Crippen molar-refractivity contribution in [3.8, 4) is 0 Å². The van der Waals surface area contributed by atoms with Gasteiger partial charge in [0.2, 0.25) is 0 Å². The van der Waals surface area contributed by atoms with E-state index in [9.17, 15) is 0 Å². The largest absolute Gasteiger partial charge is 0.384 e. The minimum atomic E-state index is 0.674.